The van der Waals surface area contributed by atoms with Crippen LogP contribution in [0.3, 0.4) is 0 Å². The Morgan fingerprint density at radius 2 is 1.58 bits per heavy atom. The largest absolute Gasteiger partial charge is 0.375 e. The van der Waals surface area contributed by atoms with E-state index in [4.69, 9.17) is 9.47 Å². The van der Waals surface area contributed by atoms with Crippen molar-refractivity contribution in [2.24, 2.45) is 23.7 Å². The van der Waals surface area contributed by atoms with Crippen LogP contribution < -0.4 is 0 Å². The molecule has 0 amide bonds. The molecule has 2 fully saturated rings. The SMILES string of the molecule is CC1=CC2COC(C)(C)C2CC1.CC1=CCC2C(COC2(C)C)C1. The lowest BCUT2D eigenvalue weighted by Crippen LogP contribution is -2.31. The van der Waals surface area contributed by atoms with Crippen LogP contribution >= 0.6 is 0 Å². The van der Waals surface area contributed by atoms with Crippen LogP contribution in [-0.4, -0.2) is 24.4 Å². The van der Waals surface area contributed by atoms with Crippen LogP contribution in [0.4, 0.5) is 0 Å². The van der Waals surface area contributed by atoms with Gasteiger partial charge in [-0.05, 0) is 85.0 Å². The minimum absolute atomic E-state index is 0.127. The Kier molecular flexibility index (Phi) is 5.01. The molecule has 4 rings (SSSR count). The first-order valence-electron chi connectivity index (χ1n) is 9.80. The van der Waals surface area contributed by atoms with Crippen LogP contribution in [0.25, 0.3) is 0 Å². The summed E-state index contributed by atoms with van der Waals surface area (Å²) in [6.07, 6.45) is 9.88. The van der Waals surface area contributed by atoms with Crippen molar-refractivity contribution in [2.45, 2.75) is 78.4 Å². The van der Waals surface area contributed by atoms with E-state index in [1.165, 1.54) is 25.7 Å². The zero-order chi connectivity index (χ0) is 17.5. The van der Waals surface area contributed by atoms with Crippen LogP contribution in [0.2, 0.25) is 0 Å². The number of hydrogen-bond donors (Lipinski definition) is 0. The second kappa shape index (κ2) is 6.61. The molecular formula is C22H36O2. The summed E-state index contributed by atoms with van der Waals surface area (Å²) in [6.45, 7) is 15.3. The van der Waals surface area contributed by atoms with Gasteiger partial charge in [0, 0.05) is 5.92 Å². The third-order valence-corrected chi connectivity index (χ3v) is 6.84. The average Bonchev–Trinajstić information content (AvgIpc) is 2.96. The van der Waals surface area contributed by atoms with Gasteiger partial charge >= 0.3 is 0 Å². The van der Waals surface area contributed by atoms with Crippen LogP contribution in [0.1, 0.15) is 67.2 Å². The van der Waals surface area contributed by atoms with Crippen molar-refractivity contribution in [1.82, 2.24) is 0 Å². The molecule has 0 radical (unpaired) electrons. The Labute approximate surface area is 148 Å². The van der Waals surface area contributed by atoms with Gasteiger partial charge in [0.05, 0.1) is 24.4 Å². The summed E-state index contributed by atoms with van der Waals surface area (Å²) in [5, 5.41) is 0. The minimum Gasteiger partial charge on any atom is -0.375 e. The molecule has 0 aromatic rings. The summed E-state index contributed by atoms with van der Waals surface area (Å²) in [6, 6.07) is 0. The van der Waals surface area contributed by atoms with Gasteiger partial charge < -0.3 is 9.47 Å². The van der Waals surface area contributed by atoms with E-state index in [1.807, 2.05) is 0 Å². The zero-order valence-electron chi connectivity index (χ0n) is 16.5. The zero-order valence-corrected chi connectivity index (χ0v) is 16.5. The van der Waals surface area contributed by atoms with Crippen molar-refractivity contribution in [3.63, 3.8) is 0 Å². The Morgan fingerprint density at radius 3 is 2.33 bits per heavy atom. The molecule has 0 bridgehead atoms. The number of rotatable bonds is 0. The summed E-state index contributed by atoms with van der Waals surface area (Å²) in [7, 11) is 0. The van der Waals surface area contributed by atoms with E-state index in [1.54, 1.807) is 11.1 Å². The van der Waals surface area contributed by atoms with Gasteiger partial charge in [0.15, 0.2) is 0 Å². The summed E-state index contributed by atoms with van der Waals surface area (Å²) >= 11 is 0. The molecule has 4 aliphatic rings. The Hall–Kier alpha value is -0.600. The first-order valence-corrected chi connectivity index (χ1v) is 9.80. The van der Waals surface area contributed by atoms with Crippen LogP contribution in [0.5, 0.6) is 0 Å². The highest BCUT2D eigenvalue weighted by Crippen LogP contribution is 2.44. The molecule has 2 heteroatoms. The van der Waals surface area contributed by atoms with E-state index in [2.05, 4.69) is 53.7 Å². The molecule has 0 aromatic carbocycles. The van der Waals surface area contributed by atoms with Gasteiger partial charge in [0.2, 0.25) is 0 Å². The first kappa shape index (κ1) is 18.2. The number of ether oxygens (including phenoxy) is 2. The molecule has 4 atom stereocenters. The van der Waals surface area contributed by atoms with Crippen molar-refractivity contribution in [3.05, 3.63) is 23.3 Å². The summed E-state index contributed by atoms with van der Waals surface area (Å²) in [5.74, 6) is 3.03. The summed E-state index contributed by atoms with van der Waals surface area (Å²) in [5.41, 5.74) is 3.36. The molecule has 2 nitrogen and oxygen atoms in total. The van der Waals surface area contributed by atoms with Gasteiger partial charge in [-0.15, -0.1) is 0 Å². The average molecular weight is 333 g/mol. The van der Waals surface area contributed by atoms with Crippen LogP contribution in [-0.2, 0) is 9.47 Å². The topological polar surface area (TPSA) is 18.5 Å². The van der Waals surface area contributed by atoms with Crippen molar-refractivity contribution in [3.8, 4) is 0 Å². The van der Waals surface area contributed by atoms with Crippen molar-refractivity contribution >= 4 is 0 Å². The van der Waals surface area contributed by atoms with Crippen LogP contribution in [0, 0.1) is 23.7 Å². The highest BCUT2D eigenvalue weighted by atomic mass is 16.5. The number of allylic oxidation sites excluding steroid dienone is 3. The van der Waals surface area contributed by atoms with Crippen molar-refractivity contribution < 1.29 is 9.47 Å². The molecule has 0 spiro atoms. The van der Waals surface area contributed by atoms with E-state index in [-0.39, 0.29) is 11.2 Å². The fourth-order valence-electron chi connectivity index (χ4n) is 5.22. The quantitative estimate of drug-likeness (QED) is 0.543. The van der Waals surface area contributed by atoms with Gasteiger partial charge in [-0.3, -0.25) is 0 Å². The van der Waals surface area contributed by atoms with Gasteiger partial charge in [-0.2, -0.15) is 0 Å². The predicted octanol–water partition coefficient (Wildman–Crippen LogP) is 5.54. The van der Waals surface area contributed by atoms with E-state index >= 15 is 0 Å². The van der Waals surface area contributed by atoms with Crippen LogP contribution in [0.15, 0.2) is 23.3 Å². The first-order chi connectivity index (χ1) is 11.2. The predicted molar refractivity (Wildman–Crippen MR) is 100 cm³/mol. The summed E-state index contributed by atoms with van der Waals surface area (Å²) < 4.78 is 11.6. The van der Waals surface area contributed by atoms with E-state index < -0.39 is 0 Å². The normalized spacial score (nSPS) is 39.1. The molecular weight excluding hydrogens is 296 g/mol. The maximum Gasteiger partial charge on any atom is 0.0661 e. The lowest BCUT2D eigenvalue weighted by atomic mass is 9.75. The molecule has 0 aromatic heterocycles. The van der Waals surface area contributed by atoms with Crippen molar-refractivity contribution in [1.29, 1.82) is 0 Å². The molecule has 0 N–H and O–H groups in total. The molecule has 4 unspecified atom stereocenters. The highest BCUT2D eigenvalue weighted by molar-refractivity contribution is 5.12. The molecule has 0 saturated carbocycles. The molecule has 24 heavy (non-hydrogen) atoms. The maximum atomic E-state index is 5.80. The van der Waals surface area contributed by atoms with Crippen molar-refractivity contribution in [2.75, 3.05) is 13.2 Å². The third-order valence-electron chi connectivity index (χ3n) is 6.84. The van der Waals surface area contributed by atoms with Gasteiger partial charge in [0.25, 0.3) is 0 Å². The Bertz CT molecular complexity index is 520. The monoisotopic (exact) mass is 332 g/mol. The molecule has 136 valence electrons. The Morgan fingerprint density at radius 1 is 0.917 bits per heavy atom. The lowest BCUT2D eigenvalue weighted by molar-refractivity contribution is 0.00928. The minimum atomic E-state index is 0.127. The Balaban J connectivity index is 0.000000141. The summed E-state index contributed by atoms with van der Waals surface area (Å²) in [4.78, 5) is 0. The molecule has 2 heterocycles. The molecule has 2 aliphatic carbocycles. The lowest BCUT2D eigenvalue weighted by Gasteiger charge is -2.30. The number of hydrogen-bond acceptors (Lipinski definition) is 2. The van der Waals surface area contributed by atoms with E-state index in [0.717, 1.165) is 31.0 Å². The van der Waals surface area contributed by atoms with Gasteiger partial charge in [-0.25, -0.2) is 0 Å². The second-order valence-electron chi connectivity index (χ2n) is 9.51. The fourth-order valence-corrected chi connectivity index (χ4v) is 5.22. The van der Waals surface area contributed by atoms with E-state index in [0.29, 0.717) is 5.92 Å². The third kappa shape index (κ3) is 3.65. The van der Waals surface area contributed by atoms with Gasteiger partial charge in [0.1, 0.15) is 0 Å². The van der Waals surface area contributed by atoms with Gasteiger partial charge in [-0.1, -0.05) is 23.3 Å². The smallest absolute Gasteiger partial charge is 0.0661 e. The highest BCUT2D eigenvalue weighted by Gasteiger charge is 2.44. The standard InChI is InChI=1S/2C11H18O/c2*1-8-4-5-10-9(6-8)7-12-11(10,2)3/h6,9-10H,4-5,7H2,1-3H3;4,9-10H,5-7H2,1-3H3. The number of fused-ring (bicyclic) bond motifs is 2. The fraction of sp³-hybridized carbons (Fsp3) is 0.818. The maximum absolute atomic E-state index is 5.80. The second-order valence-corrected chi connectivity index (χ2v) is 9.51. The molecule has 2 saturated heterocycles. The molecule has 2 aliphatic heterocycles. The van der Waals surface area contributed by atoms with E-state index in [9.17, 15) is 0 Å².